The molecule has 1 aliphatic carbocycles. The van der Waals surface area contributed by atoms with Gasteiger partial charge in [-0.2, -0.15) is 0 Å². The molecule has 0 bridgehead atoms. The number of rotatable bonds is 7. The number of carbonyl (C=O) groups excluding carboxylic acids is 1. The Morgan fingerprint density at radius 2 is 2.37 bits per heavy atom. The maximum Gasteiger partial charge on any atom is 0.226 e. The molecule has 1 amide bonds. The van der Waals surface area contributed by atoms with Gasteiger partial charge in [0, 0.05) is 17.8 Å². The largest absolute Gasteiger partial charge is 0.309 e. The fraction of sp³-hybridized carbons (Fsp3) is 0.714. The predicted molar refractivity (Wildman–Crippen MR) is 79.4 cm³/mol. The molecule has 0 radical (unpaired) electrons. The topological polar surface area (TPSA) is 54.0 Å². The first-order chi connectivity index (χ1) is 9.19. The lowest BCUT2D eigenvalue weighted by atomic mass is 9.83. The average Bonchev–Trinajstić information content (AvgIpc) is 2.79. The second-order valence-electron chi connectivity index (χ2n) is 5.30. The number of carbonyl (C=O) groups is 1. The normalized spacial score (nSPS) is 16.9. The van der Waals surface area contributed by atoms with Crippen molar-refractivity contribution in [3.8, 4) is 0 Å². The Labute approximate surface area is 119 Å². The molecule has 0 spiro atoms. The van der Waals surface area contributed by atoms with E-state index in [9.17, 15) is 4.79 Å². The third-order valence-corrected chi connectivity index (χ3v) is 4.39. The van der Waals surface area contributed by atoms with Crippen molar-refractivity contribution >= 4 is 22.4 Å². The number of thiazole rings is 1. The summed E-state index contributed by atoms with van der Waals surface area (Å²) in [6.07, 6.45) is 5.45. The van der Waals surface area contributed by atoms with Crippen LogP contribution in [0.3, 0.4) is 0 Å². The number of hydrogen-bond acceptors (Lipinski definition) is 4. The van der Waals surface area contributed by atoms with E-state index in [4.69, 9.17) is 0 Å². The summed E-state index contributed by atoms with van der Waals surface area (Å²) >= 11 is 1.51. The van der Waals surface area contributed by atoms with Crippen LogP contribution < -0.4 is 10.6 Å². The van der Waals surface area contributed by atoms with Gasteiger partial charge in [-0.05, 0) is 38.6 Å². The van der Waals surface area contributed by atoms with Crippen molar-refractivity contribution in [1.82, 2.24) is 10.3 Å². The van der Waals surface area contributed by atoms with Crippen LogP contribution in [0.25, 0.3) is 0 Å². The highest BCUT2D eigenvalue weighted by molar-refractivity contribution is 7.13. The SMILES string of the molecule is CCCNC(C)c1csc(NC(=O)CC2CCC2)n1. The molecule has 2 N–H and O–H groups in total. The van der Waals surface area contributed by atoms with E-state index in [1.807, 2.05) is 5.38 Å². The van der Waals surface area contributed by atoms with E-state index in [1.54, 1.807) is 0 Å². The van der Waals surface area contributed by atoms with Crippen LogP contribution in [0, 0.1) is 5.92 Å². The Kier molecular flexibility index (Phi) is 5.34. The van der Waals surface area contributed by atoms with Gasteiger partial charge in [0.05, 0.1) is 5.69 Å². The monoisotopic (exact) mass is 281 g/mol. The summed E-state index contributed by atoms with van der Waals surface area (Å²) in [4.78, 5) is 16.3. The molecule has 1 aliphatic rings. The molecule has 106 valence electrons. The molecule has 19 heavy (non-hydrogen) atoms. The molecule has 1 saturated carbocycles. The minimum absolute atomic E-state index is 0.111. The molecule has 1 unspecified atom stereocenters. The summed E-state index contributed by atoms with van der Waals surface area (Å²) in [5.74, 6) is 0.712. The van der Waals surface area contributed by atoms with E-state index in [0.717, 1.165) is 23.8 Å². The van der Waals surface area contributed by atoms with E-state index >= 15 is 0 Å². The second kappa shape index (κ2) is 7.01. The van der Waals surface area contributed by atoms with Crippen LogP contribution in [0.5, 0.6) is 0 Å². The highest BCUT2D eigenvalue weighted by Crippen LogP contribution is 2.30. The molecule has 1 atom stereocenters. The third-order valence-electron chi connectivity index (χ3n) is 3.61. The van der Waals surface area contributed by atoms with Gasteiger partial charge < -0.3 is 10.6 Å². The first-order valence-corrected chi connectivity index (χ1v) is 8.05. The van der Waals surface area contributed by atoms with Gasteiger partial charge in [0.25, 0.3) is 0 Å². The smallest absolute Gasteiger partial charge is 0.226 e. The van der Waals surface area contributed by atoms with Crippen LogP contribution in [0.4, 0.5) is 5.13 Å². The minimum atomic E-state index is 0.111. The zero-order chi connectivity index (χ0) is 13.7. The number of aromatic nitrogens is 1. The van der Waals surface area contributed by atoms with E-state index in [0.29, 0.717) is 12.3 Å². The highest BCUT2D eigenvalue weighted by Gasteiger charge is 2.21. The molecular weight excluding hydrogens is 258 g/mol. The summed E-state index contributed by atoms with van der Waals surface area (Å²) < 4.78 is 0. The molecule has 2 rings (SSSR count). The third kappa shape index (κ3) is 4.28. The molecule has 1 aromatic heterocycles. The van der Waals surface area contributed by atoms with Crippen molar-refractivity contribution in [2.45, 2.75) is 52.0 Å². The summed E-state index contributed by atoms with van der Waals surface area (Å²) in [5, 5.41) is 9.06. The molecule has 4 nitrogen and oxygen atoms in total. The quantitative estimate of drug-likeness (QED) is 0.806. The summed E-state index contributed by atoms with van der Waals surface area (Å²) in [6.45, 7) is 5.24. The molecule has 1 heterocycles. The Morgan fingerprint density at radius 1 is 1.58 bits per heavy atom. The minimum Gasteiger partial charge on any atom is -0.309 e. The Balaban J connectivity index is 1.80. The number of nitrogens with zero attached hydrogens (tertiary/aromatic N) is 1. The number of amides is 1. The highest BCUT2D eigenvalue weighted by atomic mass is 32.1. The van der Waals surface area contributed by atoms with Crippen LogP contribution in [0.1, 0.15) is 57.7 Å². The van der Waals surface area contributed by atoms with Gasteiger partial charge in [-0.15, -0.1) is 11.3 Å². The maximum atomic E-state index is 11.8. The summed E-state index contributed by atoms with van der Waals surface area (Å²) in [7, 11) is 0. The van der Waals surface area contributed by atoms with Gasteiger partial charge in [-0.25, -0.2) is 4.98 Å². The molecule has 0 saturated heterocycles. The van der Waals surface area contributed by atoms with Crippen molar-refractivity contribution in [3.05, 3.63) is 11.1 Å². The standard InChI is InChI=1S/C14H23N3OS/c1-3-7-15-10(2)12-9-19-14(16-12)17-13(18)8-11-5-4-6-11/h9-11,15H,3-8H2,1-2H3,(H,16,17,18). The number of anilines is 1. The van der Waals surface area contributed by atoms with Crippen LogP contribution in [0.15, 0.2) is 5.38 Å². The fourth-order valence-corrected chi connectivity index (χ4v) is 2.96. The Hall–Kier alpha value is -0.940. The number of hydrogen-bond donors (Lipinski definition) is 2. The molecular formula is C14H23N3OS. The van der Waals surface area contributed by atoms with Crippen LogP contribution in [0.2, 0.25) is 0 Å². The predicted octanol–water partition coefficient (Wildman–Crippen LogP) is 3.33. The maximum absolute atomic E-state index is 11.8. The van der Waals surface area contributed by atoms with Crippen molar-refractivity contribution in [3.63, 3.8) is 0 Å². The van der Waals surface area contributed by atoms with E-state index in [1.165, 1.54) is 30.6 Å². The van der Waals surface area contributed by atoms with Crippen LogP contribution >= 0.6 is 11.3 Å². The van der Waals surface area contributed by atoms with Gasteiger partial charge in [0.1, 0.15) is 0 Å². The zero-order valence-corrected chi connectivity index (χ0v) is 12.6. The van der Waals surface area contributed by atoms with Gasteiger partial charge in [0.2, 0.25) is 5.91 Å². The van der Waals surface area contributed by atoms with Crippen molar-refractivity contribution in [1.29, 1.82) is 0 Å². The van der Waals surface area contributed by atoms with Crippen LogP contribution in [-0.2, 0) is 4.79 Å². The molecule has 1 fully saturated rings. The number of nitrogens with one attached hydrogen (secondary N) is 2. The van der Waals surface area contributed by atoms with Crippen molar-refractivity contribution < 1.29 is 4.79 Å². The summed E-state index contributed by atoms with van der Waals surface area (Å²) in [5.41, 5.74) is 1.01. The van der Waals surface area contributed by atoms with Gasteiger partial charge in [0.15, 0.2) is 5.13 Å². The van der Waals surface area contributed by atoms with Gasteiger partial charge >= 0.3 is 0 Å². The zero-order valence-electron chi connectivity index (χ0n) is 11.7. The lowest BCUT2D eigenvalue weighted by Crippen LogP contribution is -2.21. The summed E-state index contributed by atoms with van der Waals surface area (Å²) in [6, 6.07) is 0.244. The lowest BCUT2D eigenvalue weighted by Gasteiger charge is -2.24. The van der Waals surface area contributed by atoms with Gasteiger partial charge in [-0.3, -0.25) is 4.79 Å². The van der Waals surface area contributed by atoms with Crippen molar-refractivity contribution in [2.24, 2.45) is 5.92 Å². The van der Waals surface area contributed by atoms with E-state index in [2.05, 4.69) is 29.5 Å². The molecule has 0 aromatic carbocycles. The molecule has 1 aromatic rings. The average molecular weight is 281 g/mol. The van der Waals surface area contributed by atoms with E-state index < -0.39 is 0 Å². The first kappa shape index (κ1) is 14.5. The lowest BCUT2D eigenvalue weighted by molar-refractivity contribution is -0.117. The molecule has 5 heteroatoms. The first-order valence-electron chi connectivity index (χ1n) is 7.17. The van der Waals surface area contributed by atoms with Gasteiger partial charge in [-0.1, -0.05) is 13.3 Å². The van der Waals surface area contributed by atoms with Crippen LogP contribution in [-0.4, -0.2) is 17.4 Å². The molecule has 0 aliphatic heterocycles. The Bertz CT molecular complexity index is 415. The second-order valence-corrected chi connectivity index (χ2v) is 6.16. The Morgan fingerprint density at radius 3 is 3.00 bits per heavy atom. The van der Waals surface area contributed by atoms with Crippen molar-refractivity contribution in [2.75, 3.05) is 11.9 Å². The fourth-order valence-electron chi connectivity index (χ4n) is 2.14. The van der Waals surface area contributed by atoms with E-state index in [-0.39, 0.29) is 11.9 Å².